The normalized spacial score (nSPS) is 15.6. The summed E-state index contributed by atoms with van der Waals surface area (Å²) in [6.45, 7) is 1.44. The lowest BCUT2D eigenvalue weighted by Gasteiger charge is -2.31. The summed E-state index contributed by atoms with van der Waals surface area (Å²) in [5.41, 5.74) is 1.09. The maximum atomic E-state index is 14.2. The molecule has 1 saturated heterocycles. The van der Waals surface area contributed by atoms with Crippen molar-refractivity contribution in [2.24, 2.45) is 13.0 Å². The first kappa shape index (κ1) is 28.1. The van der Waals surface area contributed by atoms with E-state index in [-0.39, 0.29) is 24.6 Å². The van der Waals surface area contributed by atoms with Gasteiger partial charge in [0, 0.05) is 50.3 Å². The van der Waals surface area contributed by atoms with Gasteiger partial charge >= 0.3 is 0 Å². The number of aromatic nitrogens is 4. The number of hydrogen-bond donors (Lipinski definition) is 1. The van der Waals surface area contributed by atoms with Gasteiger partial charge in [-0.15, -0.1) is 0 Å². The third-order valence-corrected chi connectivity index (χ3v) is 7.08. The molecule has 1 aromatic carbocycles. The summed E-state index contributed by atoms with van der Waals surface area (Å²) in [5, 5.41) is 7.96. The van der Waals surface area contributed by atoms with Crippen molar-refractivity contribution in [1.82, 2.24) is 30.0 Å². The molecule has 214 valence electrons. The van der Waals surface area contributed by atoms with Crippen LogP contribution in [0.5, 0.6) is 5.75 Å². The standard InChI is InChI=1S/C29H30F2N6O4/c1-36-25(24(40-2)16-34-36)26(28(38)33-15-19-8-11-41-17-19)37(10-7-18-12-21(30)14-22(31)13-18)29(39)23-6-5-20-4-3-9-32-27(20)35-23/h3-6,9,12-14,16,19,26H,7-8,10-11,15,17H2,1-2H3,(H,33,38). The summed E-state index contributed by atoms with van der Waals surface area (Å²) in [6.07, 6.45) is 3.90. The van der Waals surface area contributed by atoms with E-state index in [1.165, 1.54) is 35.0 Å². The highest BCUT2D eigenvalue weighted by Crippen LogP contribution is 2.31. The lowest BCUT2D eigenvalue weighted by atomic mass is 10.1. The third-order valence-electron chi connectivity index (χ3n) is 7.08. The number of rotatable bonds is 10. The first-order chi connectivity index (χ1) is 19.8. The zero-order valence-electron chi connectivity index (χ0n) is 22.7. The second-order valence-corrected chi connectivity index (χ2v) is 9.87. The summed E-state index contributed by atoms with van der Waals surface area (Å²) in [6, 6.07) is 8.85. The van der Waals surface area contributed by atoms with E-state index in [0.717, 1.165) is 17.9 Å². The van der Waals surface area contributed by atoms with E-state index < -0.39 is 29.5 Å². The minimum atomic E-state index is -1.20. The minimum absolute atomic E-state index is 0.0600. The van der Waals surface area contributed by atoms with Gasteiger partial charge in [0.1, 0.15) is 23.0 Å². The first-order valence-electron chi connectivity index (χ1n) is 13.2. The summed E-state index contributed by atoms with van der Waals surface area (Å²) in [4.78, 5) is 38.1. The van der Waals surface area contributed by atoms with Crippen LogP contribution >= 0.6 is 0 Å². The van der Waals surface area contributed by atoms with Crippen molar-refractivity contribution in [3.05, 3.63) is 83.4 Å². The Kier molecular flexibility index (Phi) is 8.48. The summed E-state index contributed by atoms with van der Waals surface area (Å²) in [7, 11) is 3.09. The van der Waals surface area contributed by atoms with E-state index in [1.54, 1.807) is 31.4 Å². The summed E-state index contributed by atoms with van der Waals surface area (Å²) >= 11 is 0. The Morgan fingerprint density at radius 2 is 2.02 bits per heavy atom. The number of hydrogen-bond acceptors (Lipinski definition) is 7. The third kappa shape index (κ3) is 6.32. The molecule has 5 rings (SSSR count). The van der Waals surface area contributed by atoms with Gasteiger partial charge in [0.05, 0.1) is 19.9 Å². The van der Waals surface area contributed by atoms with Gasteiger partial charge in [-0.25, -0.2) is 18.7 Å². The van der Waals surface area contributed by atoms with Crippen molar-refractivity contribution >= 4 is 22.8 Å². The van der Waals surface area contributed by atoms with E-state index in [2.05, 4.69) is 20.4 Å². The van der Waals surface area contributed by atoms with Crippen molar-refractivity contribution < 1.29 is 27.8 Å². The second-order valence-electron chi connectivity index (χ2n) is 9.87. The number of nitrogens with one attached hydrogen (secondary N) is 1. The maximum absolute atomic E-state index is 14.2. The number of halogens is 2. The topological polar surface area (TPSA) is 111 Å². The fourth-order valence-corrected chi connectivity index (χ4v) is 4.97. The molecule has 1 N–H and O–H groups in total. The highest BCUT2D eigenvalue weighted by molar-refractivity contribution is 5.98. The molecule has 3 aromatic heterocycles. The zero-order chi connectivity index (χ0) is 28.9. The second kappa shape index (κ2) is 12.4. The van der Waals surface area contributed by atoms with E-state index in [0.29, 0.717) is 42.4 Å². The van der Waals surface area contributed by atoms with E-state index >= 15 is 0 Å². The Hall–Kier alpha value is -4.45. The molecular weight excluding hydrogens is 534 g/mol. The minimum Gasteiger partial charge on any atom is -0.493 e. The van der Waals surface area contributed by atoms with Crippen molar-refractivity contribution in [2.45, 2.75) is 18.9 Å². The monoisotopic (exact) mass is 564 g/mol. The van der Waals surface area contributed by atoms with E-state index in [9.17, 15) is 18.4 Å². The SMILES string of the molecule is COc1cnn(C)c1C(C(=O)NCC1CCOC1)N(CCc1cc(F)cc(F)c1)C(=O)c1ccc2cccnc2n1. The summed E-state index contributed by atoms with van der Waals surface area (Å²) < 4.78 is 40.4. The van der Waals surface area contributed by atoms with E-state index in [1.807, 2.05) is 6.07 Å². The van der Waals surface area contributed by atoms with Gasteiger partial charge in [0.25, 0.3) is 5.91 Å². The fraction of sp³-hybridized carbons (Fsp3) is 0.345. The number of carbonyl (C=O) groups excluding carboxylic acids is 2. The van der Waals surface area contributed by atoms with Gasteiger partial charge < -0.3 is 19.7 Å². The van der Waals surface area contributed by atoms with Crippen LogP contribution in [0.25, 0.3) is 11.0 Å². The average molecular weight is 565 g/mol. The highest BCUT2D eigenvalue weighted by Gasteiger charge is 2.37. The number of nitrogens with zero attached hydrogens (tertiary/aromatic N) is 5. The van der Waals surface area contributed by atoms with Crippen LogP contribution in [0.4, 0.5) is 8.78 Å². The van der Waals surface area contributed by atoms with Crippen LogP contribution in [0, 0.1) is 17.6 Å². The predicted octanol–water partition coefficient (Wildman–Crippen LogP) is 3.23. The van der Waals surface area contributed by atoms with Gasteiger partial charge in [-0.2, -0.15) is 5.10 Å². The van der Waals surface area contributed by atoms with E-state index in [4.69, 9.17) is 9.47 Å². The van der Waals surface area contributed by atoms with Crippen molar-refractivity contribution in [3.63, 3.8) is 0 Å². The number of amides is 2. The van der Waals surface area contributed by atoms with Gasteiger partial charge in [-0.05, 0) is 54.8 Å². The van der Waals surface area contributed by atoms with Crippen LogP contribution in [0.2, 0.25) is 0 Å². The van der Waals surface area contributed by atoms with Crippen molar-refractivity contribution in [3.8, 4) is 5.75 Å². The Morgan fingerprint density at radius 3 is 2.76 bits per heavy atom. The molecule has 12 heteroatoms. The Labute approximate surface area is 235 Å². The van der Waals surface area contributed by atoms with Crippen LogP contribution < -0.4 is 10.1 Å². The molecule has 0 saturated carbocycles. The fourth-order valence-electron chi connectivity index (χ4n) is 4.97. The number of pyridine rings is 2. The van der Waals surface area contributed by atoms with Crippen LogP contribution in [0.3, 0.4) is 0 Å². The largest absolute Gasteiger partial charge is 0.493 e. The molecule has 1 aliphatic heterocycles. The lowest BCUT2D eigenvalue weighted by molar-refractivity contribution is -0.126. The van der Waals surface area contributed by atoms with Crippen LogP contribution in [-0.2, 0) is 23.0 Å². The Morgan fingerprint density at radius 1 is 1.22 bits per heavy atom. The highest BCUT2D eigenvalue weighted by atomic mass is 19.1. The molecule has 2 atom stereocenters. The lowest BCUT2D eigenvalue weighted by Crippen LogP contribution is -2.46. The molecule has 2 unspecified atom stereocenters. The maximum Gasteiger partial charge on any atom is 0.273 e. The molecule has 10 nitrogen and oxygen atoms in total. The van der Waals surface area contributed by atoms with Crippen LogP contribution in [0.1, 0.15) is 34.2 Å². The van der Waals surface area contributed by atoms with Gasteiger partial charge in [0.2, 0.25) is 5.91 Å². The molecule has 4 aromatic rings. The van der Waals surface area contributed by atoms with Crippen LogP contribution in [0.15, 0.2) is 54.9 Å². The van der Waals surface area contributed by atoms with Gasteiger partial charge in [-0.1, -0.05) is 0 Å². The molecule has 1 aliphatic rings. The predicted molar refractivity (Wildman–Crippen MR) is 145 cm³/mol. The zero-order valence-corrected chi connectivity index (χ0v) is 22.7. The molecule has 4 heterocycles. The number of benzene rings is 1. The molecule has 0 bridgehead atoms. The molecule has 1 fully saturated rings. The number of carbonyl (C=O) groups is 2. The number of methoxy groups -OCH3 is 1. The van der Waals surface area contributed by atoms with Gasteiger partial charge in [-0.3, -0.25) is 14.3 Å². The Balaban J connectivity index is 1.56. The van der Waals surface area contributed by atoms with Crippen molar-refractivity contribution in [1.29, 1.82) is 0 Å². The molecule has 0 radical (unpaired) electrons. The molecule has 0 aliphatic carbocycles. The smallest absolute Gasteiger partial charge is 0.273 e. The first-order valence-corrected chi connectivity index (χ1v) is 13.2. The molecule has 41 heavy (non-hydrogen) atoms. The van der Waals surface area contributed by atoms with Crippen LogP contribution in [-0.4, -0.2) is 69.9 Å². The quantitative estimate of drug-likeness (QED) is 0.315. The molecular formula is C29H30F2N6O4. The van der Waals surface area contributed by atoms with Gasteiger partial charge in [0.15, 0.2) is 17.4 Å². The number of ether oxygens (including phenoxy) is 2. The molecule has 0 spiro atoms. The average Bonchev–Trinajstić information content (AvgIpc) is 3.62. The Bertz CT molecular complexity index is 1540. The number of aryl methyl sites for hydroxylation is 1. The molecule has 2 amide bonds. The summed E-state index contributed by atoms with van der Waals surface area (Å²) in [5.74, 6) is -2.05. The van der Waals surface area contributed by atoms with Crippen molar-refractivity contribution in [2.75, 3.05) is 33.4 Å². The number of fused-ring (bicyclic) bond motifs is 1.